The molecule has 2 saturated heterocycles. The number of nitrogens with zero attached hydrogens (tertiary/aromatic N) is 2. The van der Waals surface area contributed by atoms with Crippen molar-refractivity contribution in [2.45, 2.75) is 123 Å². The lowest BCUT2D eigenvalue weighted by Gasteiger charge is -2.35. The summed E-state index contributed by atoms with van der Waals surface area (Å²) < 4.78 is 25.4. The summed E-state index contributed by atoms with van der Waals surface area (Å²) in [6.07, 6.45) is 9.76. The van der Waals surface area contributed by atoms with E-state index in [1.165, 1.54) is 22.3 Å². The molecule has 5 atom stereocenters. The first-order valence-corrected chi connectivity index (χ1v) is 19.2. The summed E-state index contributed by atoms with van der Waals surface area (Å²) >= 11 is 0. The third-order valence-electron chi connectivity index (χ3n) is 9.56. The Hall–Kier alpha value is -3.00. The molecule has 0 radical (unpaired) electrons. The van der Waals surface area contributed by atoms with E-state index in [0.717, 1.165) is 38.4 Å². The van der Waals surface area contributed by atoms with Crippen molar-refractivity contribution in [3.63, 3.8) is 0 Å². The first-order valence-electron chi connectivity index (χ1n) is 17.4. The Morgan fingerprint density at radius 3 is 2.15 bits per heavy atom. The number of nitrogens with one attached hydrogen (secondary N) is 4. The van der Waals surface area contributed by atoms with Gasteiger partial charge in [0.15, 0.2) is 0 Å². The number of ketones is 1. The summed E-state index contributed by atoms with van der Waals surface area (Å²) in [5, 5.41) is 11.1. The Balaban J connectivity index is 2.39. The number of likely N-dealkylation sites (N-methyl/N-ethyl adjacent to an activating group) is 1. The van der Waals surface area contributed by atoms with E-state index >= 15 is 0 Å². The molecule has 274 valence electrons. The highest BCUT2D eigenvalue weighted by molar-refractivity contribution is 7.88. The van der Waals surface area contributed by atoms with Gasteiger partial charge in [0.1, 0.15) is 12.1 Å². The van der Waals surface area contributed by atoms with Gasteiger partial charge in [-0.2, -0.15) is 0 Å². The van der Waals surface area contributed by atoms with Crippen LogP contribution in [0, 0.1) is 17.3 Å². The van der Waals surface area contributed by atoms with Crippen LogP contribution in [0.25, 0.3) is 0 Å². The van der Waals surface area contributed by atoms with Gasteiger partial charge in [-0.1, -0.05) is 85.6 Å². The van der Waals surface area contributed by atoms with Crippen molar-refractivity contribution in [2.24, 2.45) is 17.3 Å². The molecule has 13 nitrogen and oxygen atoms in total. The van der Waals surface area contributed by atoms with Crippen molar-refractivity contribution < 1.29 is 32.4 Å². The van der Waals surface area contributed by atoms with Gasteiger partial charge in [-0.3, -0.25) is 19.2 Å². The Kier molecular flexibility index (Phi) is 16.0. The quantitative estimate of drug-likeness (QED) is 0.201. The molecule has 0 spiro atoms. The molecule has 5 amide bonds. The number of Topliss-reactive ketones (excluding diaryl/α,β-unsaturated/α-hetero) is 1. The van der Waals surface area contributed by atoms with Gasteiger partial charge in [0.2, 0.25) is 27.6 Å². The lowest BCUT2D eigenvalue weighted by atomic mass is 9.86. The topological polar surface area (TPSA) is 174 Å². The second kappa shape index (κ2) is 18.7. The number of carbonyl (C=O) groups is 5. The summed E-state index contributed by atoms with van der Waals surface area (Å²) in [4.78, 5) is 69.1. The van der Waals surface area contributed by atoms with E-state index in [1.54, 1.807) is 0 Å². The highest BCUT2D eigenvalue weighted by Gasteiger charge is 2.46. The summed E-state index contributed by atoms with van der Waals surface area (Å²) in [6.45, 7) is 13.7. The predicted octanol–water partition coefficient (Wildman–Crippen LogP) is 2.71. The maximum atomic E-state index is 14.3. The van der Waals surface area contributed by atoms with Crippen molar-refractivity contribution in [1.82, 2.24) is 30.5 Å². The van der Waals surface area contributed by atoms with Crippen LogP contribution in [-0.4, -0.2) is 104 Å². The summed E-state index contributed by atoms with van der Waals surface area (Å²) in [5.41, 5.74) is -0.500. The van der Waals surface area contributed by atoms with Crippen molar-refractivity contribution in [1.29, 1.82) is 0 Å². The molecule has 0 aromatic carbocycles. The van der Waals surface area contributed by atoms with E-state index in [-0.39, 0.29) is 30.8 Å². The second-order valence-corrected chi connectivity index (χ2v) is 16.9. The molecule has 0 bridgehead atoms. The molecule has 2 fully saturated rings. The maximum Gasteiger partial charge on any atom is 0.315 e. The van der Waals surface area contributed by atoms with Gasteiger partial charge in [0, 0.05) is 32.7 Å². The molecule has 0 aromatic rings. The van der Waals surface area contributed by atoms with Crippen LogP contribution in [0.1, 0.15) is 98.8 Å². The molecular weight excluding hydrogens is 636 g/mol. The molecule has 0 unspecified atom stereocenters. The van der Waals surface area contributed by atoms with Crippen molar-refractivity contribution in [2.75, 3.05) is 32.9 Å². The monoisotopic (exact) mass is 696 g/mol. The fourth-order valence-corrected chi connectivity index (χ4v) is 6.78. The smallest absolute Gasteiger partial charge is 0.315 e. The molecule has 2 aliphatic rings. The SMILES string of the molecule is C=CCNC(=O)C(=O)[C@@H]1CCCCCCCCC[C@H](NC(=O)N[C@H](CN(C)S(C)(=O)=O)C(C)(C)C)C(=O)N2CC[C@H](C(C)C)[C@H]2C(=O)N1. The number of fused-ring (bicyclic) bond motifs is 1. The van der Waals surface area contributed by atoms with Crippen LogP contribution in [-0.2, 0) is 29.2 Å². The average Bonchev–Trinajstić information content (AvgIpc) is 3.45. The zero-order valence-corrected chi connectivity index (χ0v) is 30.9. The van der Waals surface area contributed by atoms with Crippen molar-refractivity contribution >= 4 is 39.6 Å². The molecular formula is C34H60N6O7S. The zero-order chi connectivity index (χ0) is 36.2. The van der Waals surface area contributed by atoms with Gasteiger partial charge in [0.05, 0.1) is 12.3 Å². The Morgan fingerprint density at radius 2 is 1.60 bits per heavy atom. The van der Waals surface area contributed by atoms with Crippen molar-refractivity contribution in [3.05, 3.63) is 12.7 Å². The predicted molar refractivity (Wildman–Crippen MR) is 186 cm³/mol. The fraction of sp³-hybridized carbons (Fsp3) is 0.794. The van der Waals surface area contributed by atoms with Gasteiger partial charge in [-0.05, 0) is 36.5 Å². The molecule has 4 N–H and O–H groups in total. The third-order valence-corrected chi connectivity index (χ3v) is 10.8. The van der Waals surface area contributed by atoms with Crippen LogP contribution in [0.4, 0.5) is 4.79 Å². The van der Waals surface area contributed by atoms with Crippen LogP contribution in [0.5, 0.6) is 0 Å². The molecule has 0 aliphatic carbocycles. The minimum Gasteiger partial charge on any atom is -0.346 e. The van der Waals surface area contributed by atoms with E-state index in [0.29, 0.717) is 38.6 Å². The summed E-state index contributed by atoms with van der Waals surface area (Å²) in [7, 11) is -2.04. The molecule has 2 aliphatic heterocycles. The van der Waals surface area contributed by atoms with Crippen LogP contribution in [0.15, 0.2) is 12.7 Å². The normalized spacial score (nSPS) is 24.4. The average molecular weight is 697 g/mol. The zero-order valence-electron chi connectivity index (χ0n) is 30.1. The van der Waals surface area contributed by atoms with Gasteiger partial charge < -0.3 is 26.2 Å². The standard InChI is InChI=1S/C34H60N6O7S/c1-9-20-35-31(43)29(41)25-17-15-13-11-10-12-14-16-18-26(32(44)40-21-19-24(23(2)3)28(40)30(42)36-25)37-33(45)38-27(34(4,5)6)22-39(7)48(8,46)47/h9,23-28H,1,10-22H2,2-8H3,(H,35,43)(H,36,42)(H2,37,38,45)/t24-,25+,26+,27-,28+/m1/s1. The molecule has 48 heavy (non-hydrogen) atoms. The molecule has 0 aromatic heterocycles. The van der Waals surface area contributed by atoms with Gasteiger partial charge in [-0.25, -0.2) is 17.5 Å². The number of sulfonamides is 1. The molecule has 14 heteroatoms. The van der Waals surface area contributed by atoms with E-state index in [2.05, 4.69) is 27.8 Å². The number of rotatable bonds is 10. The number of hydrogen-bond acceptors (Lipinski definition) is 7. The lowest BCUT2D eigenvalue weighted by molar-refractivity contribution is -0.143. The highest BCUT2D eigenvalue weighted by Crippen LogP contribution is 2.32. The minimum absolute atomic E-state index is 0.0447. The van der Waals surface area contributed by atoms with Crippen LogP contribution in [0.3, 0.4) is 0 Å². The van der Waals surface area contributed by atoms with Gasteiger partial charge >= 0.3 is 6.03 Å². The van der Waals surface area contributed by atoms with Crippen LogP contribution < -0.4 is 21.3 Å². The van der Waals surface area contributed by atoms with Gasteiger partial charge in [-0.15, -0.1) is 6.58 Å². The van der Waals surface area contributed by atoms with E-state index in [4.69, 9.17) is 0 Å². The minimum atomic E-state index is -3.49. The number of amides is 5. The molecule has 2 heterocycles. The van der Waals surface area contributed by atoms with E-state index < -0.39 is 63.2 Å². The number of hydrogen-bond donors (Lipinski definition) is 4. The Bertz CT molecular complexity index is 1250. The van der Waals surface area contributed by atoms with Crippen LogP contribution >= 0.6 is 0 Å². The highest BCUT2D eigenvalue weighted by atomic mass is 32.2. The lowest BCUT2D eigenvalue weighted by Crippen LogP contribution is -2.60. The Morgan fingerprint density at radius 1 is 1.02 bits per heavy atom. The van der Waals surface area contributed by atoms with Crippen LogP contribution in [0.2, 0.25) is 0 Å². The summed E-state index contributed by atoms with van der Waals surface area (Å²) in [5.74, 6) is -2.53. The third kappa shape index (κ3) is 12.5. The number of carbonyl (C=O) groups excluding carboxylic acids is 5. The molecule has 0 saturated carbocycles. The first kappa shape index (κ1) is 41.2. The van der Waals surface area contributed by atoms with Crippen molar-refractivity contribution in [3.8, 4) is 0 Å². The second-order valence-electron chi connectivity index (χ2n) is 14.8. The largest absolute Gasteiger partial charge is 0.346 e. The Labute approximate surface area is 287 Å². The van der Waals surface area contributed by atoms with E-state index in [9.17, 15) is 32.4 Å². The van der Waals surface area contributed by atoms with Gasteiger partial charge in [0.25, 0.3) is 5.91 Å². The molecule has 2 rings (SSSR count). The fourth-order valence-electron chi connectivity index (χ4n) is 6.36. The first-order chi connectivity index (χ1) is 22.4. The maximum absolute atomic E-state index is 14.3. The van der Waals surface area contributed by atoms with E-state index in [1.807, 2.05) is 34.6 Å². The number of urea groups is 1. The summed E-state index contributed by atoms with van der Waals surface area (Å²) in [6, 6.07) is -3.99.